The van der Waals surface area contributed by atoms with E-state index in [0.717, 1.165) is 17.0 Å². The summed E-state index contributed by atoms with van der Waals surface area (Å²) in [7, 11) is 0. The molecule has 0 amide bonds. The van der Waals surface area contributed by atoms with Gasteiger partial charge in [-0.15, -0.1) is 13.2 Å². The predicted octanol–water partition coefficient (Wildman–Crippen LogP) is 4.35. The van der Waals surface area contributed by atoms with Crippen LogP contribution in [0.1, 0.15) is 29.9 Å². The monoisotopic (exact) mass is 377 g/mol. The van der Waals surface area contributed by atoms with E-state index < -0.39 is 6.36 Å². The van der Waals surface area contributed by atoms with Gasteiger partial charge >= 0.3 is 6.36 Å². The first-order chi connectivity index (χ1) is 12.7. The number of halogens is 3. The Balaban J connectivity index is 1.73. The molecule has 9 heteroatoms. The van der Waals surface area contributed by atoms with Crippen molar-refractivity contribution >= 4 is 5.82 Å². The lowest BCUT2D eigenvalue weighted by Crippen LogP contribution is -2.17. The number of hydrogen-bond acceptors (Lipinski definition) is 5. The van der Waals surface area contributed by atoms with E-state index in [0.29, 0.717) is 11.6 Å². The smallest absolute Gasteiger partial charge is 0.406 e. The van der Waals surface area contributed by atoms with E-state index in [1.165, 1.54) is 12.1 Å². The van der Waals surface area contributed by atoms with E-state index in [2.05, 4.69) is 25.1 Å². The van der Waals surface area contributed by atoms with Crippen LogP contribution >= 0.6 is 0 Å². The Morgan fingerprint density at radius 3 is 2.41 bits per heavy atom. The molecule has 27 heavy (non-hydrogen) atoms. The van der Waals surface area contributed by atoms with Crippen molar-refractivity contribution in [1.29, 1.82) is 0 Å². The Bertz CT molecular complexity index is 921. The number of aryl methyl sites for hydroxylation is 2. The lowest BCUT2D eigenvalue weighted by molar-refractivity contribution is -0.274. The molecule has 0 saturated heterocycles. The Kier molecular flexibility index (Phi) is 5.02. The van der Waals surface area contributed by atoms with Crippen molar-refractivity contribution in [3.05, 3.63) is 59.7 Å². The summed E-state index contributed by atoms with van der Waals surface area (Å²) in [4.78, 5) is 8.68. The van der Waals surface area contributed by atoms with Gasteiger partial charge in [-0.1, -0.05) is 12.1 Å². The molecule has 6 nitrogen and oxygen atoms in total. The predicted molar refractivity (Wildman–Crippen MR) is 93.8 cm³/mol. The van der Waals surface area contributed by atoms with E-state index in [4.69, 9.17) is 0 Å². The van der Waals surface area contributed by atoms with Crippen LogP contribution in [0.5, 0.6) is 5.75 Å². The van der Waals surface area contributed by atoms with Gasteiger partial charge in [-0.2, -0.15) is 5.10 Å². The van der Waals surface area contributed by atoms with Gasteiger partial charge in [-0.25, -0.2) is 9.67 Å². The maximum atomic E-state index is 12.2. The second-order valence-electron chi connectivity index (χ2n) is 6.08. The highest BCUT2D eigenvalue weighted by Crippen LogP contribution is 2.25. The summed E-state index contributed by atoms with van der Waals surface area (Å²) in [6.45, 7) is 5.69. The van der Waals surface area contributed by atoms with E-state index in [1.54, 1.807) is 29.2 Å². The van der Waals surface area contributed by atoms with Gasteiger partial charge in [-0.3, -0.25) is 4.98 Å². The highest BCUT2D eigenvalue weighted by atomic mass is 19.4. The highest BCUT2D eigenvalue weighted by Gasteiger charge is 2.31. The van der Waals surface area contributed by atoms with Crippen molar-refractivity contribution in [3.8, 4) is 11.6 Å². The van der Waals surface area contributed by atoms with E-state index >= 15 is 0 Å². The molecule has 0 aliphatic rings. The van der Waals surface area contributed by atoms with Gasteiger partial charge < -0.3 is 10.1 Å². The number of alkyl halides is 3. The third-order valence-electron chi connectivity index (χ3n) is 3.83. The summed E-state index contributed by atoms with van der Waals surface area (Å²) >= 11 is 0. The van der Waals surface area contributed by atoms with Gasteiger partial charge in [0.05, 0.1) is 18.1 Å². The van der Waals surface area contributed by atoms with Crippen molar-refractivity contribution in [2.45, 2.75) is 33.2 Å². The molecule has 0 spiro atoms. The van der Waals surface area contributed by atoms with Crippen LogP contribution in [0.2, 0.25) is 0 Å². The van der Waals surface area contributed by atoms with Crippen LogP contribution < -0.4 is 10.1 Å². The van der Waals surface area contributed by atoms with Crippen molar-refractivity contribution in [1.82, 2.24) is 19.7 Å². The van der Waals surface area contributed by atoms with Crippen LogP contribution in [0.25, 0.3) is 5.82 Å². The number of anilines is 1. The van der Waals surface area contributed by atoms with Crippen LogP contribution in [0.3, 0.4) is 0 Å². The quantitative estimate of drug-likeness (QED) is 0.716. The SMILES string of the molecule is Cc1cc(C)n(-c2cncc(N[C@@H](C)c3ccc(OC(F)(F)F)cc3)n2)n1. The standard InChI is InChI=1S/C18H18F3N5O/c1-11-8-12(2)26(25-11)17-10-22-9-16(24-17)23-13(3)14-4-6-15(7-5-14)27-18(19,20)21/h4-10,13H,1-3H3,(H,23,24)/t13-/m0/s1. The Morgan fingerprint density at radius 1 is 1.11 bits per heavy atom. The highest BCUT2D eigenvalue weighted by molar-refractivity contribution is 5.40. The van der Waals surface area contributed by atoms with Crippen molar-refractivity contribution in [2.24, 2.45) is 0 Å². The maximum absolute atomic E-state index is 12.2. The zero-order valence-corrected chi connectivity index (χ0v) is 14.9. The minimum atomic E-state index is -4.70. The van der Waals surface area contributed by atoms with Gasteiger partial charge in [0, 0.05) is 11.7 Å². The number of nitrogens with one attached hydrogen (secondary N) is 1. The molecule has 2 aromatic heterocycles. The van der Waals surface area contributed by atoms with Gasteiger partial charge in [-0.05, 0) is 44.5 Å². The average molecular weight is 377 g/mol. The minimum absolute atomic E-state index is 0.199. The van der Waals surface area contributed by atoms with Gasteiger partial charge in [0.25, 0.3) is 0 Å². The Hall–Kier alpha value is -3.10. The minimum Gasteiger partial charge on any atom is -0.406 e. The number of rotatable bonds is 5. The molecular weight excluding hydrogens is 359 g/mol. The summed E-state index contributed by atoms with van der Waals surface area (Å²) in [5, 5.41) is 7.56. The zero-order valence-electron chi connectivity index (χ0n) is 14.9. The summed E-state index contributed by atoms with van der Waals surface area (Å²) in [5.74, 6) is 0.847. The molecule has 1 N–H and O–H groups in total. The van der Waals surface area contributed by atoms with Crippen molar-refractivity contribution in [2.75, 3.05) is 5.32 Å². The van der Waals surface area contributed by atoms with E-state index in [9.17, 15) is 13.2 Å². The fourth-order valence-corrected chi connectivity index (χ4v) is 2.65. The Morgan fingerprint density at radius 2 is 1.81 bits per heavy atom. The number of ether oxygens (including phenoxy) is 1. The fraction of sp³-hybridized carbons (Fsp3) is 0.278. The first-order valence-corrected chi connectivity index (χ1v) is 8.19. The summed E-state index contributed by atoms with van der Waals surface area (Å²) in [5.41, 5.74) is 2.59. The Labute approximate surface area is 154 Å². The lowest BCUT2D eigenvalue weighted by atomic mass is 10.1. The van der Waals surface area contributed by atoms with Crippen LogP contribution in [0.4, 0.5) is 19.0 Å². The molecular formula is C18H18F3N5O. The molecule has 3 aromatic rings. The lowest BCUT2D eigenvalue weighted by Gasteiger charge is -2.16. The second-order valence-corrected chi connectivity index (χ2v) is 6.08. The molecule has 2 heterocycles. The third kappa shape index (κ3) is 4.75. The molecule has 0 radical (unpaired) electrons. The normalized spacial score (nSPS) is 12.7. The zero-order chi connectivity index (χ0) is 19.6. The van der Waals surface area contributed by atoms with Crippen LogP contribution in [-0.2, 0) is 0 Å². The first-order valence-electron chi connectivity index (χ1n) is 8.19. The van der Waals surface area contributed by atoms with Gasteiger partial charge in [0.2, 0.25) is 0 Å². The molecule has 142 valence electrons. The molecule has 0 fully saturated rings. The van der Waals surface area contributed by atoms with Crippen molar-refractivity contribution in [3.63, 3.8) is 0 Å². The number of aromatic nitrogens is 4. The molecule has 0 saturated carbocycles. The molecule has 0 bridgehead atoms. The third-order valence-corrected chi connectivity index (χ3v) is 3.83. The maximum Gasteiger partial charge on any atom is 0.573 e. The first kappa shape index (κ1) is 18.7. The summed E-state index contributed by atoms with van der Waals surface area (Å²) in [6.07, 6.45) is -1.52. The van der Waals surface area contributed by atoms with E-state index in [-0.39, 0.29) is 11.8 Å². The van der Waals surface area contributed by atoms with Gasteiger partial charge in [0.1, 0.15) is 11.6 Å². The summed E-state index contributed by atoms with van der Waals surface area (Å²) in [6, 6.07) is 7.43. The number of hydrogen-bond donors (Lipinski definition) is 1. The largest absolute Gasteiger partial charge is 0.573 e. The van der Waals surface area contributed by atoms with E-state index in [1.807, 2.05) is 26.8 Å². The van der Waals surface area contributed by atoms with Crippen LogP contribution in [-0.4, -0.2) is 26.1 Å². The molecule has 1 aromatic carbocycles. The number of nitrogens with zero attached hydrogens (tertiary/aromatic N) is 4. The molecule has 0 aliphatic heterocycles. The number of benzene rings is 1. The molecule has 0 aliphatic carbocycles. The molecule has 1 atom stereocenters. The topological polar surface area (TPSA) is 64.9 Å². The van der Waals surface area contributed by atoms with Crippen LogP contribution in [0.15, 0.2) is 42.7 Å². The molecule has 3 rings (SSSR count). The summed E-state index contributed by atoms with van der Waals surface area (Å²) < 4.78 is 42.3. The average Bonchev–Trinajstić information content (AvgIpc) is 2.92. The molecule has 0 unspecified atom stereocenters. The van der Waals surface area contributed by atoms with Crippen LogP contribution in [0, 0.1) is 13.8 Å². The van der Waals surface area contributed by atoms with Gasteiger partial charge in [0.15, 0.2) is 5.82 Å². The van der Waals surface area contributed by atoms with Crippen molar-refractivity contribution < 1.29 is 17.9 Å². The fourth-order valence-electron chi connectivity index (χ4n) is 2.65. The second kappa shape index (κ2) is 7.26.